The van der Waals surface area contributed by atoms with Crippen LogP contribution in [0.25, 0.3) is 5.82 Å². The molecule has 0 spiro atoms. The summed E-state index contributed by atoms with van der Waals surface area (Å²) in [5, 5.41) is 7.53. The summed E-state index contributed by atoms with van der Waals surface area (Å²) in [5.41, 5.74) is 4.64. The number of nitrogens with zero attached hydrogens (tertiary/aromatic N) is 4. The predicted molar refractivity (Wildman–Crippen MR) is 113 cm³/mol. The molecule has 2 N–H and O–H groups in total. The molecule has 0 saturated heterocycles. The molecular weight excluding hydrogens is 388 g/mol. The molecule has 3 aromatic rings. The molecule has 0 fully saturated rings. The van der Waals surface area contributed by atoms with E-state index in [9.17, 15) is 8.42 Å². The van der Waals surface area contributed by atoms with Gasteiger partial charge in [0.25, 0.3) is 0 Å². The number of aromatic nitrogens is 4. The lowest BCUT2D eigenvalue weighted by molar-refractivity contribution is 0.582. The van der Waals surface area contributed by atoms with Gasteiger partial charge in [0.05, 0.1) is 10.6 Å². The second-order valence-electron chi connectivity index (χ2n) is 7.13. The van der Waals surface area contributed by atoms with Gasteiger partial charge < -0.3 is 5.32 Å². The Morgan fingerprint density at radius 3 is 2.31 bits per heavy atom. The molecule has 3 rings (SSSR count). The van der Waals surface area contributed by atoms with Crippen molar-refractivity contribution in [2.75, 3.05) is 18.4 Å². The van der Waals surface area contributed by atoms with Gasteiger partial charge in [0.2, 0.25) is 10.0 Å². The molecule has 9 heteroatoms. The number of benzene rings is 1. The van der Waals surface area contributed by atoms with Gasteiger partial charge in [0.1, 0.15) is 12.1 Å². The first kappa shape index (κ1) is 20.9. The largest absolute Gasteiger partial charge is 0.369 e. The third-order valence-corrected chi connectivity index (χ3v) is 6.29. The van der Waals surface area contributed by atoms with E-state index in [0.29, 0.717) is 23.1 Å². The lowest BCUT2D eigenvalue weighted by Crippen LogP contribution is -2.29. The smallest absolute Gasteiger partial charge is 0.240 e. The molecule has 0 unspecified atom stereocenters. The maximum absolute atomic E-state index is 12.6. The maximum Gasteiger partial charge on any atom is 0.240 e. The van der Waals surface area contributed by atoms with E-state index in [0.717, 1.165) is 28.1 Å². The standard InChI is InChI=1S/C20H26N6O2S/c1-13-8-15(3)18(9-14(13)2)29(27,28)24-7-6-21-19-11-20(23-12-22-19)26-17(5)10-16(4)25-26/h8-12,24H,6-7H2,1-5H3,(H,21,22,23). The van der Waals surface area contributed by atoms with Crippen molar-refractivity contribution in [2.24, 2.45) is 0 Å². The van der Waals surface area contributed by atoms with Crippen molar-refractivity contribution in [1.29, 1.82) is 0 Å². The average molecular weight is 415 g/mol. The van der Waals surface area contributed by atoms with Crippen molar-refractivity contribution >= 4 is 15.8 Å². The Morgan fingerprint density at radius 2 is 1.62 bits per heavy atom. The Labute approximate surface area is 171 Å². The first-order chi connectivity index (χ1) is 13.7. The van der Waals surface area contributed by atoms with Gasteiger partial charge in [-0.25, -0.2) is 27.8 Å². The zero-order valence-electron chi connectivity index (χ0n) is 17.3. The van der Waals surface area contributed by atoms with E-state index in [-0.39, 0.29) is 6.54 Å². The molecule has 2 aromatic heterocycles. The van der Waals surface area contributed by atoms with E-state index >= 15 is 0 Å². The minimum Gasteiger partial charge on any atom is -0.369 e. The zero-order chi connectivity index (χ0) is 21.2. The fourth-order valence-corrected chi connectivity index (χ4v) is 4.44. The quantitative estimate of drug-likeness (QED) is 0.576. The summed E-state index contributed by atoms with van der Waals surface area (Å²) in [5.74, 6) is 1.25. The summed E-state index contributed by atoms with van der Waals surface area (Å²) in [6.45, 7) is 10.2. The molecule has 8 nitrogen and oxygen atoms in total. The normalized spacial score (nSPS) is 11.6. The van der Waals surface area contributed by atoms with Crippen LogP contribution < -0.4 is 10.0 Å². The highest BCUT2D eigenvalue weighted by molar-refractivity contribution is 7.89. The van der Waals surface area contributed by atoms with Gasteiger partial charge in [0, 0.05) is 24.8 Å². The number of aryl methyl sites for hydroxylation is 5. The van der Waals surface area contributed by atoms with Gasteiger partial charge in [-0.1, -0.05) is 6.07 Å². The van der Waals surface area contributed by atoms with Crippen LogP contribution in [0.2, 0.25) is 0 Å². The van der Waals surface area contributed by atoms with Crippen molar-refractivity contribution in [3.05, 3.63) is 58.7 Å². The molecule has 1 aromatic carbocycles. The van der Waals surface area contributed by atoms with Gasteiger partial charge in [-0.3, -0.25) is 0 Å². The fraction of sp³-hybridized carbons (Fsp3) is 0.350. The van der Waals surface area contributed by atoms with E-state index in [1.54, 1.807) is 23.7 Å². The number of rotatable bonds is 7. The van der Waals surface area contributed by atoms with Crippen LogP contribution in [0.1, 0.15) is 28.1 Å². The monoisotopic (exact) mass is 414 g/mol. The van der Waals surface area contributed by atoms with Crippen LogP contribution in [-0.4, -0.2) is 41.3 Å². The van der Waals surface area contributed by atoms with Crippen LogP contribution >= 0.6 is 0 Å². The second-order valence-corrected chi connectivity index (χ2v) is 8.86. The highest BCUT2D eigenvalue weighted by Crippen LogP contribution is 2.19. The molecule has 0 amide bonds. The average Bonchev–Trinajstić information content (AvgIpc) is 3.00. The lowest BCUT2D eigenvalue weighted by atomic mass is 10.1. The number of hydrogen-bond donors (Lipinski definition) is 2. The zero-order valence-corrected chi connectivity index (χ0v) is 18.1. The van der Waals surface area contributed by atoms with Crippen LogP contribution in [0.5, 0.6) is 0 Å². The first-order valence-electron chi connectivity index (χ1n) is 9.34. The van der Waals surface area contributed by atoms with E-state index in [1.807, 2.05) is 39.8 Å². The van der Waals surface area contributed by atoms with E-state index < -0.39 is 10.0 Å². The van der Waals surface area contributed by atoms with Crippen molar-refractivity contribution in [2.45, 2.75) is 39.5 Å². The highest BCUT2D eigenvalue weighted by Gasteiger charge is 2.17. The number of anilines is 1. The second kappa shape index (κ2) is 8.30. The Kier molecular flexibility index (Phi) is 5.99. The molecular formula is C20H26N6O2S. The first-order valence-corrected chi connectivity index (χ1v) is 10.8. The number of hydrogen-bond acceptors (Lipinski definition) is 6. The van der Waals surface area contributed by atoms with E-state index in [4.69, 9.17) is 0 Å². The predicted octanol–water partition coefficient (Wildman–Crippen LogP) is 2.59. The summed E-state index contributed by atoms with van der Waals surface area (Å²) in [6.07, 6.45) is 1.46. The summed E-state index contributed by atoms with van der Waals surface area (Å²) in [6, 6.07) is 7.36. The van der Waals surface area contributed by atoms with Gasteiger partial charge >= 0.3 is 0 Å². The van der Waals surface area contributed by atoms with Gasteiger partial charge in [-0.2, -0.15) is 5.10 Å². The third-order valence-electron chi connectivity index (χ3n) is 4.68. The van der Waals surface area contributed by atoms with Gasteiger partial charge in [0.15, 0.2) is 5.82 Å². The highest BCUT2D eigenvalue weighted by atomic mass is 32.2. The van der Waals surface area contributed by atoms with Gasteiger partial charge in [-0.05, 0) is 63.4 Å². The van der Waals surface area contributed by atoms with Crippen LogP contribution in [0.3, 0.4) is 0 Å². The van der Waals surface area contributed by atoms with Crippen LogP contribution in [0.15, 0.2) is 35.5 Å². The van der Waals surface area contributed by atoms with Gasteiger partial charge in [-0.15, -0.1) is 0 Å². The topological polar surface area (TPSA) is 102 Å². The molecule has 0 aliphatic carbocycles. The summed E-state index contributed by atoms with van der Waals surface area (Å²) in [4.78, 5) is 8.76. The molecule has 0 atom stereocenters. The Hall–Kier alpha value is -2.78. The molecule has 154 valence electrons. The van der Waals surface area contributed by atoms with Crippen molar-refractivity contribution in [1.82, 2.24) is 24.5 Å². The van der Waals surface area contributed by atoms with Crippen molar-refractivity contribution in [3.63, 3.8) is 0 Å². The molecule has 29 heavy (non-hydrogen) atoms. The molecule has 0 saturated carbocycles. The van der Waals surface area contributed by atoms with Crippen molar-refractivity contribution < 1.29 is 8.42 Å². The molecule has 2 heterocycles. The van der Waals surface area contributed by atoms with Crippen molar-refractivity contribution in [3.8, 4) is 5.82 Å². The van der Waals surface area contributed by atoms with E-state index in [2.05, 4.69) is 25.1 Å². The Bertz CT molecular complexity index is 1140. The third kappa shape index (κ3) is 4.80. The molecule has 0 aliphatic rings. The summed E-state index contributed by atoms with van der Waals surface area (Å²) < 4.78 is 29.6. The minimum atomic E-state index is -3.58. The molecule has 0 bridgehead atoms. The Balaban J connectivity index is 1.63. The minimum absolute atomic E-state index is 0.230. The molecule has 0 radical (unpaired) electrons. The maximum atomic E-state index is 12.6. The summed E-state index contributed by atoms with van der Waals surface area (Å²) in [7, 11) is -3.58. The van der Waals surface area contributed by atoms with Crippen LogP contribution in [0.4, 0.5) is 5.82 Å². The number of nitrogens with one attached hydrogen (secondary N) is 2. The lowest BCUT2D eigenvalue weighted by Gasteiger charge is -2.12. The number of sulfonamides is 1. The molecule has 0 aliphatic heterocycles. The van der Waals surface area contributed by atoms with E-state index in [1.165, 1.54) is 6.33 Å². The Morgan fingerprint density at radius 1 is 0.897 bits per heavy atom. The summed E-state index contributed by atoms with van der Waals surface area (Å²) >= 11 is 0. The fourth-order valence-electron chi connectivity index (χ4n) is 3.10. The SMILES string of the molecule is Cc1cc(C)n(-c2cc(NCCNS(=O)(=O)c3cc(C)c(C)cc3C)ncn2)n1. The van der Waals surface area contributed by atoms with Crippen LogP contribution in [0, 0.1) is 34.6 Å². The van der Waals surface area contributed by atoms with Crippen LogP contribution in [-0.2, 0) is 10.0 Å².